The molecule has 1 aliphatic rings. The molecule has 100 valence electrons. The standard InChI is InChI=1S/C14H23N3S/c1-11(15-4)12-5-6-16-13(9-12)17-7-8-18-14(2,3)10-17/h5-6,9,11,15H,7-8,10H2,1-4H3. The van der Waals surface area contributed by atoms with E-state index >= 15 is 0 Å². The number of nitrogens with one attached hydrogen (secondary N) is 1. The van der Waals surface area contributed by atoms with Crippen molar-refractivity contribution in [1.29, 1.82) is 0 Å². The number of thioether (sulfide) groups is 1. The predicted octanol–water partition coefficient (Wildman–Crippen LogP) is 2.69. The smallest absolute Gasteiger partial charge is 0.128 e. The Morgan fingerprint density at radius 1 is 1.50 bits per heavy atom. The number of hydrogen-bond donors (Lipinski definition) is 1. The van der Waals surface area contributed by atoms with Crippen molar-refractivity contribution in [3.8, 4) is 0 Å². The van der Waals surface area contributed by atoms with Crippen LogP contribution >= 0.6 is 11.8 Å². The molecule has 3 nitrogen and oxygen atoms in total. The van der Waals surface area contributed by atoms with Crippen LogP contribution in [0, 0.1) is 0 Å². The van der Waals surface area contributed by atoms with Gasteiger partial charge in [-0.3, -0.25) is 0 Å². The molecular weight excluding hydrogens is 242 g/mol. The SMILES string of the molecule is CNC(C)c1ccnc(N2CCSC(C)(C)C2)c1. The quantitative estimate of drug-likeness (QED) is 0.909. The maximum atomic E-state index is 4.53. The van der Waals surface area contributed by atoms with Gasteiger partial charge in [0.15, 0.2) is 0 Å². The second-order valence-electron chi connectivity index (χ2n) is 5.49. The van der Waals surface area contributed by atoms with E-state index in [9.17, 15) is 0 Å². The molecule has 1 saturated heterocycles. The normalized spacial score (nSPS) is 20.8. The van der Waals surface area contributed by atoms with Crippen LogP contribution in [0.3, 0.4) is 0 Å². The van der Waals surface area contributed by atoms with E-state index in [0.717, 1.165) is 18.9 Å². The summed E-state index contributed by atoms with van der Waals surface area (Å²) in [6.07, 6.45) is 1.92. The van der Waals surface area contributed by atoms with Crippen molar-refractivity contribution in [3.63, 3.8) is 0 Å². The van der Waals surface area contributed by atoms with Gasteiger partial charge in [-0.15, -0.1) is 0 Å². The van der Waals surface area contributed by atoms with Crippen molar-refractivity contribution in [3.05, 3.63) is 23.9 Å². The first-order valence-electron chi connectivity index (χ1n) is 6.54. The van der Waals surface area contributed by atoms with E-state index < -0.39 is 0 Å². The third-order valence-corrected chi connectivity index (χ3v) is 4.75. The number of rotatable bonds is 3. The van der Waals surface area contributed by atoms with Gasteiger partial charge >= 0.3 is 0 Å². The van der Waals surface area contributed by atoms with E-state index in [1.807, 2.05) is 13.2 Å². The highest BCUT2D eigenvalue weighted by atomic mass is 32.2. The lowest BCUT2D eigenvalue weighted by Gasteiger charge is -2.38. The van der Waals surface area contributed by atoms with Crippen LogP contribution in [0.5, 0.6) is 0 Å². The highest BCUT2D eigenvalue weighted by Crippen LogP contribution is 2.31. The summed E-state index contributed by atoms with van der Waals surface area (Å²) in [4.78, 5) is 6.94. The van der Waals surface area contributed by atoms with Crippen LogP contribution in [0.1, 0.15) is 32.4 Å². The second-order valence-corrected chi connectivity index (χ2v) is 7.29. The van der Waals surface area contributed by atoms with Gasteiger partial charge in [-0.05, 0) is 45.5 Å². The van der Waals surface area contributed by atoms with Gasteiger partial charge < -0.3 is 10.2 Å². The molecule has 1 unspecified atom stereocenters. The highest BCUT2D eigenvalue weighted by Gasteiger charge is 2.27. The fraction of sp³-hybridized carbons (Fsp3) is 0.643. The van der Waals surface area contributed by atoms with Gasteiger partial charge in [0.05, 0.1) is 0 Å². The molecule has 1 N–H and O–H groups in total. The predicted molar refractivity (Wildman–Crippen MR) is 80.5 cm³/mol. The third kappa shape index (κ3) is 3.18. The maximum Gasteiger partial charge on any atom is 0.128 e. The van der Waals surface area contributed by atoms with Gasteiger partial charge in [0.1, 0.15) is 5.82 Å². The average Bonchev–Trinajstić information content (AvgIpc) is 2.37. The molecule has 0 aromatic carbocycles. The van der Waals surface area contributed by atoms with E-state index in [1.54, 1.807) is 0 Å². The van der Waals surface area contributed by atoms with Gasteiger partial charge in [0.25, 0.3) is 0 Å². The van der Waals surface area contributed by atoms with Crippen molar-refractivity contribution in [2.24, 2.45) is 0 Å². The molecule has 0 amide bonds. The van der Waals surface area contributed by atoms with Crippen LogP contribution in [-0.4, -0.2) is 35.6 Å². The molecule has 1 aromatic rings. The summed E-state index contributed by atoms with van der Waals surface area (Å²) in [6.45, 7) is 8.96. The van der Waals surface area contributed by atoms with Gasteiger partial charge in [-0.25, -0.2) is 4.98 Å². The number of nitrogens with zero attached hydrogens (tertiary/aromatic N) is 2. The largest absolute Gasteiger partial charge is 0.354 e. The lowest BCUT2D eigenvalue weighted by Crippen LogP contribution is -2.43. The van der Waals surface area contributed by atoms with Crippen LogP contribution in [0.2, 0.25) is 0 Å². The molecule has 4 heteroatoms. The van der Waals surface area contributed by atoms with Crippen molar-refractivity contribution < 1.29 is 0 Å². The fourth-order valence-corrected chi connectivity index (χ4v) is 3.37. The van der Waals surface area contributed by atoms with Crippen LogP contribution in [0.4, 0.5) is 5.82 Å². The Hall–Kier alpha value is -0.740. The summed E-state index contributed by atoms with van der Waals surface area (Å²) in [6, 6.07) is 4.68. The molecule has 1 fully saturated rings. The summed E-state index contributed by atoms with van der Waals surface area (Å²) < 4.78 is 0.324. The molecule has 18 heavy (non-hydrogen) atoms. The minimum atomic E-state index is 0.324. The Morgan fingerprint density at radius 3 is 2.94 bits per heavy atom. The Labute approximate surface area is 114 Å². The van der Waals surface area contributed by atoms with Crippen LogP contribution < -0.4 is 10.2 Å². The van der Waals surface area contributed by atoms with Crippen LogP contribution in [-0.2, 0) is 0 Å². The summed E-state index contributed by atoms with van der Waals surface area (Å²) >= 11 is 2.05. The first-order chi connectivity index (χ1) is 8.52. The lowest BCUT2D eigenvalue weighted by molar-refractivity contribution is 0.634. The van der Waals surface area contributed by atoms with Crippen molar-refractivity contribution in [2.45, 2.75) is 31.6 Å². The van der Waals surface area contributed by atoms with Crippen molar-refractivity contribution >= 4 is 17.6 Å². The number of aromatic nitrogens is 1. The molecule has 0 spiro atoms. The van der Waals surface area contributed by atoms with Crippen LogP contribution in [0.15, 0.2) is 18.3 Å². The Morgan fingerprint density at radius 2 is 2.28 bits per heavy atom. The zero-order chi connectivity index (χ0) is 13.2. The number of hydrogen-bond acceptors (Lipinski definition) is 4. The molecule has 0 radical (unpaired) electrons. The van der Waals surface area contributed by atoms with E-state index in [-0.39, 0.29) is 0 Å². The summed E-state index contributed by atoms with van der Waals surface area (Å²) in [5.41, 5.74) is 1.30. The van der Waals surface area contributed by atoms with E-state index in [2.05, 4.69) is 59.9 Å². The third-order valence-electron chi connectivity index (χ3n) is 3.45. The maximum absolute atomic E-state index is 4.53. The summed E-state index contributed by atoms with van der Waals surface area (Å²) in [5.74, 6) is 2.29. The monoisotopic (exact) mass is 265 g/mol. The highest BCUT2D eigenvalue weighted by molar-refractivity contribution is 8.00. The zero-order valence-electron chi connectivity index (χ0n) is 11.7. The Balaban J connectivity index is 2.18. The van der Waals surface area contributed by atoms with Gasteiger partial charge in [0, 0.05) is 35.8 Å². The van der Waals surface area contributed by atoms with Gasteiger partial charge in [-0.1, -0.05) is 0 Å². The Kier molecular flexibility index (Phi) is 4.17. The molecule has 1 atom stereocenters. The zero-order valence-corrected chi connectivity index (χ0v) is 12.5. The van der Waals surface area contributed by atoms with Gasteiger partial charge in [-0.2, -0.15) is 11.8 Å². The first kappa shape index (κ1) is 13.7. The molecule has 1 aromatic heterocycles. The minimum Gasteiger partial charge on any atom is -0.354 e. The van der Waals surface area contributed by atoms with Crippen LogP contribution in [0.25, 0.3) is 0 Å². The minimum absolute atomic E-state index is 0.324. The van der Waals surface area contributed by atoms with E-state index in [1.165, 1.54) is 11.3 Å². The fourth-order valence-electron chi connectivity index (χ4n) is 2.26. The van der Waals surface area contributed by atoms with E-state index in [4.69, 9.17) is 0 Å². The molecule has 0 bridgehead atoms. The van der Waals surface area contributed by atoms with Gasteiger partial charge in [0.2, 0.25) is 0 Å². The summed E-state index contributed by atoms with van der Waals surface area (Å²) in [7, 11) is 1.99. The molecule has 2 rings (SSSR count). The van der Waals surface area contributed by atoms with E-state index in [0.29, 0.717) is 10.8 Å². The first-order valence-corrected chi connectivity index (χ1v) is 7.52. The molecule has 0 saturated carbocycles. The molecule has 2 heterocycles. The Bertz CT molecular complexity index is 406. The molecule has 0 aliphatic carbocycles. The van der Waals surface area contributed by atoms with Crippen molar-refractivity contribution in [1.82, 2.24) is 10.3 Å². The number of pyridine rings is 1. The average molecular weight is 265 g/mol. The van der Waals surface area contributed by atoms with Crippen molar-refractivity contribution in [2.75, 3.05) is 30.8 Å². The lowest BCUT2D eigenvalue weighted by atomic mass is 10.1. The second kappa shape index (κ2) is 5.49. The summed E-state index contributed by atoms with van der Waals surface area (Å²) in [5, 5.41) is 3.28. The molecular formula is C14H23N3S. The topological polar surface area (TPSA) is 28.2 Å². The number of anilines is 1. The molecule has 1 aliphatic heterocycles.